The largest absolute Gasteiger partial charge is 0.271 e. The molecule has 1 aliphatic rings. The van der Waals surface area contributed by atoms with Crippen molar-refractivity contribution in [1.82, 2.24) is 10.2 Å². The maximum absolute atomic E-state index is 10.5. The average molecular weight is 130 g/mol. The topological polar surface area (TPSA) is 92.7 Å². The lowest BCUT2D eigenvalue weighted by molar-refractivity contribution is -0.147. The van der Waals surface area contributed by atoms with E-state index in [9.17, 15) is 9.59 Å². The quantitative estimate of drug-likeness (QED) is 0.219. The Balaban J connectivity index is 2.77. The highest BCUT2D eigenvalue weighted by atomic mass is 16.2. The van der Waals surface area contributed by atoms with Crippen LogP contribution in [-0.2, 0) is 9.59 Å². The summed E-state index contributed by atoms with van der Waals surface area (Å²) in [6.07, 6.45) is -0.229. The van der Waals surface area contributed by atoms with Crippen LogP contribution < -0.4 is 11.7 Å². The second-order valence-corrected chi connectivity index (χ2v) is 1.65. The van der Waals surface area contributed by atoms with Crippen LogP contribution in [-0.4, -0.2) is 22.1 Å². The minimum absolute atomic E-state index is 0.229. The molecule has 0 bridgehead atoms. The maximum Gasteiger partial charge on any atom is 0.266 e. The van der Waals surface area contributed by atoms with Gasteiger partial charge < -0.3 is 0 Å². The summed E-state index contributed by atoms with van der Waals surface area (Å²) in [4.78, 5) is 20.9. The van der Waals surface area contributed by atoms with Gasteiger partial charge in [0.05, 0.1) is 0 Å². The molecule has 0 unspecified atom stereocenters. The van der Waals surface area contributed by atoms with Gasteiger partial charge in [-0.1, -0.05) is 0 Å². The average Bonchev–Trinajstić information content (AvgIpc) is 1.98. The number of rotatable bonds is 0. The zero-order valence-electron chi connectivity index (χ0n) is 4.57. The van der Waals surface area contributed by atoms with Crippen LogP contribution in [0.15, 0.2) is 0 Å². The highest BCUT2D eigenvalue weighted by molar-refractivity contribution is 6.01. The predicted octanol–water partition coefficient (Wildman–Crippen LogP) is -2.29. The number of hydrogen-bond acceptors (Lipinski definition) is 4. The molecule has 0 aromatic rings. The van der Waals surface area contributed by atoms with Gasteiger partial charge in [-0.25, -0.2) is 11.7 Å². The molecule has 2 amide bonds. The molecule has 0 aliphatic carbocycles. The zero-order valence-corrected chi connectivity index (χ0v) is 4.57. The Hall–Kier alpha value is -1.14. The summed E-state index contributed by atoms with van der Waals surface area (Å²) >= 11 is 0. The highest BCUT2D eigenvalue weighted by Crippen LogP contribution is 2.02. The van der Waals surface area contributed by atoms with E-state index in [-0.39, 0.29) is 6.42 Å². The molecule has 0 saturated carbocycles. The monoisotopic (exact) mass is 130 g/mol. The molecular weight excluding hydrogens is 124 g/mol. The molecule has 1 saturated heterocycles. The Bertz CT molecular complexity index is 149. The van der Waals surface area contributed by atoms with Gasteiger partial charge in [0.15, 0.2) is 0 Å². The molecule has 6 heteroatoms. The van der Waals surface area contributed by atoms with Gasteiger partial charge in [0.1, 0.15) is 6.42 Å². The van der Waals surface area contributed by atoms with Crippen LogP contribution >= 0.6 is 0 Å². The summed E-state index contributed by atoms with van der Waals surface area (Å²) in [5, 5.41) is 1.17. The molecule has 0 spiro atoms. The fourth-order valence-corrected chi connectivity index (χ4v) is 0.532. The van der Waals surface area contributed by atoms with Gasteiger partial charge in [0.2, 0.25) is 0 Å². The lowest BCUT2D eigenvalue weighted by Gasteiger charge is -2.15. The van der Waals surface area contributed by atoms with Gasteiger partial charge in [0.25, 0.3) is 11.8 Å². The number of carbonyl (C=O) groups excluding carboxylic acids is 2. The Morgan fingerprint density at radius 3 is 1.56 bits per heavy atom. The van der Waals surface area contributed by atoms with Crippen molar-refractivity contribution in [3.63, 3.8) is 0 Å². The van der Waals surface area contributed by atoms with Gasteiger partial charge in [-0.2, -0.15) is 10.2 Å². The van der Waals surface area contributed by atoms with Crippen LogP contribution in [0.5, 0.6) is 0 Å². The number of nitrogens with two attached hydrogens (primary N) is 2. The van der Waals surface area contributed by atoms with E-state index < -0.39 is 11.8 Å². The minimum Gasteiger partial charge on any atom is -0.271 e. The molecule has 0 aromatic heterocycles. The molecule has 1 rings (SSSR count). The van der Waals surface area contributed by atoms with Crippen LogP contribution in [0.3, 0.4) is 0 Å². The first kappa shape index (κ1) is 5.99. The molecule has 6 nitrogen and oxygen atoms in total. The van der Waals surface area contributed by atoms with Gasteiger partial charge in [-0.05, 0) is 0 Å². The SMILES string of the molecule is NN1C(=O)CC(=O)N1N. The van der Waals surface area contributed by atoms with Gasteiger partial charge in [0, 0.05) is 0 Å². The van der Waals surface area contributed by atoms with Crippen LogP contribution in [0.4, 0.5) is 0 Å². The summed E-state index contributed by atoms with van der Waals surface area (Å²) in [5.74, 6) is 8.98. The Morgan fingerprint density at radius 1 is 1.11 bits per heavy atom. The number of amides is 2. The van der Waals surface area contributed by atoms with Crippen molar-refractivity contribution in [2.45, 2.75) is 6.42 Å². The van der Waals surface area contributed by atoms with Crippen LogP contribution in [0, 0.1) is 0 Å². The van der Waals surface area contributed by atoms with E-state index in [4.69, 9.17) is 11.7 Å². The van der Waals surface area contributed by atoms with Crippen molar-refractivity contribution in [2.24, 2.45) is 11.7 Å². The number of hydrazine groups is 3. The fraction of sp³-hybridized carbons (Fsp3) is 0.333. The number of hydrogen-bond donors (Lipinski definition) is 2. The molecule has 9 heavy (non-hydrogen) atoms. The van der Waals surface area contributed by atoms with Crippen molar-refractivity contribution >= 4 is 11.8 Å². The van der Waals surface area contributed by atoms with E-state index in [1.165, 1.54) is 0 Å². The second-order valence-electron chi connectivity index (χ2n) is 1.65. The van der Waals surface area contributed by atoms with Gasteiger partial charge >= 0.3 is 0 Å². The van der Waals surface area contributed by atoms with Crippen molar-refractivity contribution in [1.29, 1.82) is 0 Å². The molecule has 0 atom stereocenters. The van der Waals surface area contributed by atoms with Gasteiger partial charge in [-0.3, -0.25) is 9.59 Å². The molecule has 50 valence electrons. The molecule has 0 radical (unpaired) electrons. The van der Waals surface area contributed by atoms with E-state index in [1.807, 2.05) is 0 Å². The summed E-state index contributed by atoms with van der Waals surface area (Å²) in [7, 11) is 0. The standard InChI is InChI=1S/C3H6N4O2/c4-6-2(8)1-3(9)7(6)5/h1,4-5H2. The van der Waals surface area contributed by atoms with Crippen LogP contribution in [0.2, 0.25) is 0 Å². The Morgan fingerprint density at radius 2 is 1.44 bits per heavy atom. The van der Waals surface area contributed by atoms with Crippen molar-refractivity contribution < 1.29 is 9.59 Å². The third-order valence-electron chi connectivity index (χ3n) is 1.05. The number of carbonyl (C=O) groups is 2. The molecule has 1 heterocycles. The maximum atomic E-state index is 10.5. The van der Waals surface area contributed by atoms with E-state index >= 15 is 0 Å². The van der Waals surface area contributed by atoms with Crippen LogP contribution in [0.1, 0.15) is 6.42 Å². The van der Waals surface area contributed by atoms with E-state index in [1.54, 1.807) is 0 Å². The predicted molar refractivity (Wildman–Crippen MR) is 26.7 cm³/mol. The third kappa shape index (κ3) is 0.734. The summed E-state index contributed by atoms with van der Waals surface area (Å²) in [6.45, 7) is 0. The fourth-order valence-electron chi connectivity index (χ4n) is 0.532. The molecule has 0 aromatic carbocycles. The first-order valence-corrected chi connectivity index (χ1v) is 2.28. The smallest absolute Gasteiger partial charge is 0.266 e. The summed E-state index contributed by atoms with van der Waals surface area (Å²) in [6, 6.07) is 0. The first-order chi connectivity index (χ1) is 4.13. The lowest BCUT2D eigenvalue weighted by atomic mass is 10.4. The van der Waals surface area contributed by atoms with Crippen molar-refractivity contribution in [2.75, 3.05) is 0 Å². The van der Waals surface area contributed by atoms with Crippen LogP contribution in [0.25, 0.3) is 0 Å². The highest BCUT2D eigenvalue weighted by Gasteiger charge is 2.31. The Kier molecular flexibility index (Phi) is 1.11. The number of nitrogens with zero attached hydrogens (tertiary/aromatic N) is 2. The molecular formula is C3H6N4O2. The Labute approximate surface area is 50.9 Å². The summed E-state index contributed by atoms with van der Waals surface area (Å²) in [5.41, 5.74) is 0. The lowest BCUT2D eigenvalue weighted by Crippen LogP contribution is -2.49. The van der Waals surface area contributed by atoms with Crippen molar-refractivity contribution in [3.05, 3.63) is 0 Å². The van der Waals surface area contributed by atoms with E-state index in [2.05, 4.69) is 0 Å². The van der Waals surface area contributed by atoms with E-state index in [0.29, 0.717) is 10.2 Å². The second kappa shape index (κ2) is 1.67. The molecule has 1 fully saturated rings. The first-order valence-electron chi connectivity index (χ1n) is 2.28. The minimum atomic E-state index is -0.484. The normalized spacial score (nSPS) is 19.8. The van der Waals surface area contributed by atoms with E-state index in [0.717, 1.165) is 0 Å². The van der Waals surface area contributed by atoms with Gasteiger partial charge in [-0.15, -0.1) is 0 Å². The molecule has 4 N–H and O–H groups in total. The summed E-state index contributed by atoms with van der Waals surface area (Å²) < 4.78 is 0. The zero-order chi connectivity index (χ0) is 7.02. The third-order valence-corrected chi connectivity index (χ3v) is 1.05. The molecule has 1 aliphatic heterocycles. The van der Waals surface area contributed by atoms with Crippen molar-refractivity contribution in [3.8, 4) is 0 Å².